The van der Waals surface area contributed by atoms with E-state index < -0.39 is 0 Å². The van der Waals surface area contributed by atoms with E-state index in [4.69, 9.17) is 14.9 Å². The van der Waals surface area contributed by atoms with E-state index >= 15 is 0 Å². The van der Waals surface area contributed by atoms with Crippen LogP contribution in [0.1, 0.15) is 30.3 Å². The van der Waals surface area contributed by atoms with Crippen molar-refractivity contribution in [2.75, 3.05) is 18.9 Å². The van der Waals surface area contributed by atoms with Crippen molar-refractivity contribution in [1.82, 2.24) is 5.32 Å². The molecule has 0 bridgehead atoms. The summed E-state index contributed by atoms with van der Waals surface area (Å²) < 4.78 is 10.2. The second-order valence-corrected chi connectivity index (χ2v) is 4.57. The summed E-state index contributed by atoms with van der Waals surface area (Å²) in [4.78, 5) is 23.1. The zero-order chi connectivity index (χ0) is 15.2. The van der Waals surface area contributed by atoms with Gasteiger partial charge in [0, 0.05) is 24.0 Å². The van der Waals surface area contributed by atoms with Crippen LogP contribution in [0.15, 0.2) is 28.7 Å². The highest BCUT2D eigenvalue weighted by molar-refractivity contribution is 5.96. The summed E-state index contributed by atoms with van der Waals surface area (Å²) in [6.07, 6.45) is 0.808. The Bertz CT molecular complexity index is 648. The number of nitrogens with one attached hydrogen (secondary N) is 1. The minimum absolute atomic E-state index is 0.228. The molecule has 1 aromatic heterocycles. The van der Waals surface area contributed by atoms with Crippen molar-refractivity contribution in [2.45, 2.75) is 19.8 Å². The number of esters is 1. The first-order chi connectivity index (χ1) is 10.1. The SMILES string of the molecule is CCOC(=O)CCCNC(=O)c1cc2cc(N)ccc2o1. The van der Waals surface area contributed by atoms with Crippen LogP contribution < -0.4 is 11.1 Å². The summed E-state index contributed by atoms with van der Waals surface area (Å²) in [7, 11) is 0. The normalized spacial score (nSPS) is 10.5. The molecule has 21 heavy (non-hydrogen) atoms. The molecule has 1 heterocycles. The van der Waals surface area contributed by atoms with Crippen LogP contribution in [-0.2, 0) is 9.53 Å². The number of ether oxygens (including phenoxy) is 1. The third-order valence-corrected chi connectivity index (χ3v) is 2.91. The van der Waals surface area contributed by atoms with Crippen molar-refractivity contribution in [2.24, 2.45) is 0 Å². The highest BCUT2D eigenvalue weighted by atomic mass is 16.5. The summed E-state index contributed by atoms with van der Waals surface area (Å²) >= 11 is 0. The molecule has 0 spiro atoms. The summed E-state index contributed by atoms with van der Waals surface area (Å²) in [6, 6.07) is 6.83. The largest absolute Gasteiger partial charge is 0.466 e. The Morgan fingerprint density at radius 3 is 2.90 bits per heavy atom. The highest BCUT2D eigenvalue weighted by Gasteiger charge is 2.12. The summed E-state index contributed by atoms with van der Waals surface area (Å²) in [5.74, 6) is -0.341. The summed E-state index contributed by atoms with van der Waals surface area (Å²) in [6.45, 7) is 2.51. The number of furan rings is 1. The fourth-order valence-electron chi connectivity index (χ4n) is 1.93. The maximum absolute atomic E-state index is 11.9. The number of benzene rings is 1. The quantitative estimate of drug-likeness (QED) is 0.482. The fraction of sp³-hybridized carbons (Fsp3) is 0.333. The van der Waals surface area contributed by atoms with E-state index in [1.807, 2.05) is 0 Å². The fourth-order valence-corrected chi connectivity index (χ4v) is 1.93. The number of nitrogens with two attached hydrogens (primary N) is 1. The minimum Gasteiger partial charge on any atom is -0.466 e. The number of fused-ring (bicyclic) bond motifs is 1. The lowest BCUT2D eigenvalue weighted by Crippen LogP contribution is -2.24. The van der Waals surface area contributed by atoms with Gasteiger partial charge in [-0.2, -0.15) is 0 Å². The van der Waals surface area contributed by atoms with Gasteiger partial charge in [0.1, 0.15) is 5.58 Å². The minimum atomic E-state index is -0.311. The van der Waals surface area contributed by atoms with Crippen molar-refractivity contribution in [3.8, 4) is 0 Å². The average molecular weight is 290 g/mol. The number of rotatable bonds is 6. The van der Waals surface area contributed by atoms with Crippen LogP contribution in [0.25, 0.3) is 11.0 Å². The number of anilines is 1. The van der Waals surface area contributed by atoms with Crippen LogP contribution >= 0.6 is 0 Å². The van der Waals surface area contributed by atoms with E-state index in [1.54, 1.807) is 31.2 Å². The number of carbonyl (C=O) groups is 2. The lowest BCUT2D eigenvalue weighted by atomic mass is 10.2. The zero-order valence-corrected chi connectivity index (χ0v) is 11.8. The molecular weight excluding hydrogens is 272 g/mol. The molecule has 2 aromatic rings. The molecule has 0 aliphatic heterocycles. The molecule has 0 aliphatic carbocycles. The highest BCUT2D eigenvalue weighted by Crippen LogP contribution is 2.21. The lowest BCUT2D eigenvalue weighted by molar-refractivity contribution is -0.143. The zero-order valence-electron chi connectivity index (χ0n) is 11.8. The van der Waals surface area contributed by atoms with E-state index in [2.05, 4.69) is 5.32 Å². The molecule has 2 rings (SSSR count). The van der Waals surface area contributed by atoms with E-state index in [9.17, 15) is 9.59 Å². The van der Waals surface area contributed by atoms with E-state index in [0.717, 1.165) is 5.39 Å². The first kappa shape index (κ1) is 14.9. The predicted octanol–water partition coefficient (Wildman–Crippen LogP) is 2.09. The summed E-state index contributed by atoms with van der Waals surface area (Å²) in [5.41, 5.74) is 6.90. The molecule has 0 saturated heterocycles. The number of hydrogen-bond donors (Lipinski definition) is 2. The Hall–Kier alpha value is -2.50. The lowest BCUT2D eigenvalue weighted by Gasteiger charge is -2.03. The van der Waals surface area contributed by atoms with Gasteiger partial charge >= 0.3 is 5.97 Å². The number of amides is 1. The molecule has 1 amide bonds. The van der Waals surface area contributed by atoms with Crippen LogP contribution in [0, 0.1) is 0 Å². The van der Waals surface area contributed by atoms with Gasteiger partial charge in [-0.3, -0.25) is 9.59 Å². The number of carbonyl (C=O) groups excluding carboxylic acids is 2. The molecule has 0 aliphatic rings. The van der Waals surface area contributed by atoms with Gasteiger partial charge in [-0.15, -0.1) is 0 Å². The first-order valence-electron chi connectivity index (χ1n) is 6.83. The van der Waals surface area contributed by atoms with Crippen LogP contribution in [0.3, 0.4) is 0 Å². The monoisotopic (exact) mass is 290 g/mol. The number of nitrogen functional groups attached to an aromatic ring is 1. The Morgan fingerprint density at radius 1 is 1.33 bits per heavy atom. The Labute approximate surface area is 122 Å². The van der Waals surface area contributed by atoms with Gasteiger partial charge in [-0.05, 0) is 37.6 Å². The third-order valence-electron chi connectivity index (χ3n) is 2.91. The Morgan fingerprint density at radius 2 is 2.14 bits per heavy atom. The number of hydrogen-bond acceptors (Lipinski definition) is 5. The second-order valence-electron chi connectivity index (χ2n) is 4.57. The molecule has 6 heteroatoms. The molecule has 1 aromatic carbocycles. The van der Waals surface area contributed by atoms with Crippen LogP contribution in [0.4, 0.5) is 5.69 Å². The Balaban J connectivity index is 1.86. The van der Waals surface area contributed by atoms with Crippen LogP contribution in [0.2, 0.25) is 0 Å². The van der Waals surface area contributed by atoms with Crippen LogP contribution in [-0.4, -0.2) is 25.0 Å². The van der Waals surface area contributed by atoms with Crippen molar-refractivity contribution < 1.29 is 18.7 Å². The predicted molar refractivity (Wildman–Crippen MR) is 78.8 cm³/mol. The van der Waals surface area contributed by atoms with Gasteiger partial charge in [0.05, 0.1) is 6.61 Å². The molecule has 0 unspecified atom stereocenters. The topological polar surface area (TPSA) is 94.6 Å². The Kier molecular flexibility index (Phi) is 4.81. The maximum Gasteiger partial charge on any atom is 0.305 e. The second kappa shape index (κ2) is 6.78. The molecule has 0 atom stereocenters. The molecule has 6 nitrogen and oxygen atoms in total. The molecule has 3 N–H and O–H groups in total. The molecule has 112 valence electrons. The standard InChI is InChI=1S/C15H18N2O4/c1-2-20-14(18)4-3-7-17-15(19)13-9-10-8-11(16)5-6-12(10)21-13/h5-6,8-9H,2-4,7,16H2,1H3,(H,17,19). The van der Waals surface area contributed by atoms with Crippen molar-refractivity contribution in [3.05, 3.63) is 30.0 Å². The molecular formula is C15H18N2O4. The van der Waals surface area contributed by atoms with E-state index in [0.29, 0.717) is 30.8 Å². The van der Waals surface area contributed by atoms with Gasteiger partial charge in [0.2, 0.25) is 0 Å². The van der Waals surface area contributed by atoms with Crippen molar-refractivity contribution in [3.63, 3.8) is 0 Å². The smallest absolute Gasteiger partial charge is 0.305 e. The van der Waals surface area contributed by atoms with Crippen LogP contribution in [0.5, 0.6) is 0 Å². The first-order valence-corrected chi connectivity index (χ1v) is 6.83. The van der Waals surface area contributed by atoms with Gasteiger partial charge < -0.3 is 20.2 Å². The molecule has 0 saturated carbocycles. The molecule has 0 fully saturated rings. The van der Waals surface area contributed by atoms with Gasteiger partial charge in [0.25, 0.3) is 5.91 Å². The van der Waals surface area contributed by atoms with Gasteiger partial charge in [-0.25, -0.2) is 0 Å². The van der Waals surface area contributed by atoms with Crippen molar-refractivity contribution in [1.29, 1.82) is 0 Å². The van der Waals surface area contributed by atoms with Gasteiger partial charge in [-0.1, -0.05) is 0 Å². The van der Waals surface area contributed by atoms with E-state index in [-0.39, 0.29) is 24.1 Å². The average Bonchev–Trinajstić information content (AvgIpc) is 2.86. The summed E-state index contributed by atoms with van der Waals surface area (Å²) in [5, 5.41) is 3.48. The van der Waals surface area contributed by atoms with Gasteiger partial charge in [0.15, 0.2) is 5.76 Å². The maximum atomic E-state index is 11.9. The van der Waals surface area contributed by atoms with E-state index in [1.165, 1.54) is 0 Å². The third kappa shape index (κ3) is 3.98. The van der Waals surface area contributed by atoms with Crippen molar-refractivity contribution >= 4 is 28.5 Å². The molecule has 0 radical (unpaired) electrons.